The third-order valence-electron chi connectivity index (χ3n) is 5.20. The van der Waals surface area contributed by atoms with Gasteiger partial charge in [-0.25, -0.2) is 0 Å². The first-order chi connectivity index (χ1) is 15.0. The fourth-order valence-electron chi connectivity index (χ4n) is 3.69. The van der Waals surface area contributed by atoms with Gasteiger partial charge in [-0.3, -0.25) is 9.69 Å². The van der Waals surface area contributed by atoms with Crippen LogP contribution >= 0.6 is 0 Å². The quantitative estimate of drug-likeness (QED) is 0.540. The summed E-state index contributed by atoms with van der Waals surface area (Å²) in [5.74, 6) is -0.134. The smallest absolute Gasteiger partial charge is 0.387 e. The van der Waals surface area contributed by atoms with Gasteiger partial charge in [0, 0.05) is 11.7 Å². The zero-order valence-corrected chi connectivity index (χ0v) is 16.9. The Kier molecular flexibility index (Phi) is 5.98. The minimum absolute atomic E-state index is 0.0469. The van der Waals surface area contributed by atoms with Crippen molar-refractivity contribution >= 4 is 11.6 Å². The van der Waals surface area contributed by atoms with Crippen LogP contribution in [0.25, 0.3) is 0 Å². The highest BCUT2D eigenvalue weighted by molar-refractivity contribution is 6.08. The van der Waals surface area contributed by atoms with Crippen LogP contribution in [0.15, 0.2) is 96.7 Å². The minimum Gasteiger partial charge on any atom is -0.435 e. The molecule has 1 amide bonds. The van der Waals surface area contributed by atoms with Gasteiger partial charge in [0.1, 0.15) is 5.75 Å². The van der Waals surface area contributed by atoms with Crippen molar-refractivity contribution in [3.05, 3.63) is 108 Å². The molecule has 0 saturated carbocycles. The molecule has 0 fully saturated rings. The first-order valence-corrected chi connectivity index (χ1v) is 9.99. The Morgan fingerprint density at radius 1 is 0.903 bits per heavy atom. The van der Waals surface area contributed by atoms with Gasteiger partial charge in [-0.2, -0.15) is 8.78 Å². The van der Waals surface area contributed by atoms with Gasteiger partial charge >= 0.3 is 6.61 Å². The summed E-state index contributed by atoms with van der Waals surface area (Å²) in [5, 5.41) is 3.33. The van der Waals surface area contributed by atoms with Crippen molar-refractivity contribution in [1.29, 1.82) is 0 Å². The molecular weight excluding hydrogens is 398 g/mol. The highest BCUT2D eigenvalue weighted by atomic mass is 19.3. The van der Waals surface area contributed by atoms with Gasteiger partial charge in [0.05, 0.1) is 11.7 Å². The number of nitrogens with zero attached hydrogens (tertiary/aromatic N) is 1. The van der Waals surface area contributed by atoms with E-state index in [0.29, 0.717) is 11.4 Å². The van der Waals surface area contributed by atoms with E-state index in [4.69, 9.17) is 0 Å². The second-order valence-electron chi connectivity index (χ2n) is 7.26. The molecule has 4 rings (SSSR count). The van der Waals surface area contributed by atoms with Crippen LogP contribution in [0.3, 0.4) is 0 Å². The van der Waals surface area contributed by atoms with Crippen LogP contribution < -0.4 is 15.0 Å². The van der Waals surface area contributed by atoms with E-state index in [0.717, 1.165) is 11.1 Å². The monoisotopic (exact) mass is 420 g/mol. The molecule has 31 heavy (non-hydrogen) atoms. The summed E-state index contributed by atoms with van der Waals surface area (Å²) in [6, 6.07) is 25.3. The third-order valence-corrected chi connectivity index (χ3v) is 5.20. The molecule has 0 aromatic heterocycles. The standard InChI is InChI=1S/C25H22F2N2O2/c1-17(18-8-4-2-5-9-18)28-22-16-23(19-10-6-3-7-11-19)29(24(22)30)20-12-14-21(15-13-20)31-25(26)27/h2-17,23,25,28H,1H3/t17-,23?/m1/s1. The summed E-state index contributed by atoms with van der Waals surface area (Å²) in [5.41, 5.74) is 3.12. The van der Waals surface area contributed by atoms with E-state index in [-0.39, 0.29) is 23.7 Å². The maximum absolute atomic E-state index is 13.4. The molecule has 0 bridgehead atoms. The lowest BCUT2D eigenvalue weighted by atomic mass is 10.1. The van der Waals surface area contributed by atoms with E-state index in [1.165, 1.54) is 12.1 Å². The molecule has 3 aromatic rings. The fourth-order valence-corrected chi connectivity index (χ4v) is 3.69. The Hall–Kier alpha value is -3.67. The van der Waals surface area contributed by atoms with Crippen LogP contribution in [0.1, 0.15) is 30.1 Å². The lowest BCUT2D eigenvalue weighted by molar-refractivity contribution is -0.115. The Morgan fingerprint density at radius 3 is 2.13 bits per heavy atom. The van der Waals surface area contributed by atoms with E-state index < -0.39 is 6.61 Å². The van der Waals surface area contributed by atoms with Crippen molar-refractivity contribution in [2.75, 3.05) is 4.90 Å². The molecular formula is C25H22F2N2O2. The molecule has 1 heterocycles. The minimum atomic E-state index is -2.90. The highest BCUT2D eigenvalue weighted by Crippen LogP contribution is 2.36. The molecule has 4 nitrogen and oxygen atoms in total. The maximum atomic E-state index is 13.4. The normalized spacial score (nSPS) is 16.9. The van der Waals surface area contributed by atoms with Gasteiger partial charge in [-0.1, -0.05) is 60.7 Å². The molecule has 1 N–H and O–H groups in total. The molecule has 1 aliphatic heterocycles. The van der Waals surface area contributed by atoms with Crippen molar-refractivity contribution in [1.82, 2.24) is 5.32 Å². The maximum Gasteiger partial charge on any atom is 0.387 e. The second-order valence-corrected chi connectivity index (χ2v) is 7.26. The third kappa shape index (κ3) is 4.58. The van der Waals surface area contributed by atoms with Crippen molar-refractivity contribution in [3.8, 4) is 5.75 Å². The van der Waals surface area contributed by atoms with E-state index in [1.807, 2.05) is 73.7 Å². The van der Waals surface area contributed by atoms with Crippen LogP contribution in [0.2, 0.25) is 0 Å². The predicted octanol–water partition coefficient (Wildman–Crippen LogP) is 5.61. The summed E-state index contributed by atoms with van der Waals surface area (Å²) in [4.78, 5) is 15.0. The summed E-state index contributed by atoms with van der Waals surface area (Å²) < 4.78 is 29.4. The number of hydrogen-bond donors (Lipinski definition) is 1. The summed E-state index contributed by atoms with van der Waals surface area (Å²) in [6.07, 6.45) is 1.90. The molecule has 0 spiro atoms. The molecule has 0 saturated heterocycles. The highest BCUT2D eigenvalue weighted by Gasteiger charge is 2.35. The van der Waals surface area contributed by atoms with E-state index in [2.05, 4.69) is 10.1 Å². The van der Waals surface area contributed by atoms with Gasteiger partial charge in [0.15, 0.2) is 0 Å². The van der Waals surface area contributed by atoms with Crippen LogP contribution in [-0.4, -0.2) is 12.5 Å². The van der Waals surface area contributed by atoms with E-state index >= 15 is 0 Å². The zero-order chi connectivity index (χ0) is 21.8. The van der Waals surface area contributed by atoms with Crippen molar-refractivity contribution < 1.29 is 18.3 Å². The topological polar surface area (TPSA) is 41.6 Å². The van der Waals surface area contributed by atoms with E-state index in [1.54, 1.807) is 17.0 Å². The largest absolute Gasteiger partial charge is 0.435 e. The number of anilines is 1. The number of rotatable bonds is 7. The second kappa shape index (κ2) is 9.00. The lowest BCUT2D eigenvalue weighted by Gasteiger charge is -2.26. The van der Waals surface area contributed by atoms with Gasteiger partial charge in [-0.05, 0) is 48.4 Å². The number of halogens is 2. The van der Waals surface area contributed by atoms with Crippen molar-refractivity contribution in [3.63, 3.8) is 0 Å². The Bertz CT molecular complexity index is 1050. The molecule has 2 atom stereocenters. The number of hydrogen-bond acceptors (Lipinski definition) is 3. The molecule has 1 aliphatic rings. The fraction of sp³-hybridized carbons (Fsp3) is 0.160. The lowest BCUT2D eigenvalue weighted by Crippen LogP contribution is -2.33. The van der Waals surface area contributed by atoms with Gasteiger partial charge < -0.3 is 10.1 Å². The van der Waals surface area contributed by atoms with E-state index in [9.17, 15) is 13.6 Å². The summed E-state index contributed by atoms with van der Waals surface area (Å²) >= 11 is 0. The molecule has 158 valence electrons. The van der Waals surface area contributed by atoms with Gasteiger partial charge in [0.25, 0.3) is 5.91 Å². The number of carbonyl (C=O) groups is 1. The first kappa shape index (κ1) is 20.6. The molecule has 6 heteroatoms. The Labute approximate surface area is 179 Å². The molecule has 0 aliphatic carbocycles. The first-order valence-electron chi connectivity index (χ1n) is 9.99. The van der Waals surface area contributed by atoms with Crippen LogP contribution in [-0.2, 0) is 4.79 Å². The SMILES string of the molecule is C[C@@H](NC1=CC(c2ccccc2)N(c2ccc(OC(F)F)cc2)C1=O)c1ccccc1. The summed E-state index contributed by atoms with van der Waals surface area (Å²) in [7, 11) is 0. The number of amides is 1. The number of benzene rings is 3. The van der Waals surface area contributed by atoms with Crippen LogP contribution in [0, 0.1) is 0 Å². The Morgan fingerprint density at radius 2 is 1.52 bits per heavy atom. The predicted molar refractivity (Wildman–Crippen MR) is 116 cm³/mol. The zero-order valence-electron chi connectivity index (χ0n) is 16.9. The molecule has 0 radical (unpaired) electrons. The number of ether oxygens (including phenoxy) is 1. The average molecular weight is 420 g/mol. The molecule has 1 unspecified atom stereocenters. The van der Waals surface area contributed by atoms with Crippen LogP contribution in [0.4, 0.5) is 14.5 Å². The number of nitrogens with one attached hydrogen (secondary N) is 1. The van der Waals surface area contributed by atoms with Crippen molar-refractivity contribution in [2.24, 2.45) is 0 Å². The Balaban J connectivity index is 1.63. The number of alkyl halides is 2. The summed E-state index contributed by atoms with van der Waals surface area (Å²) in [6.45, 7) is -0.895. The van der Waals surface area contributed by atoms with Crippen molar-refractivity contribution in [2.45, 2.75) is 25.6 Å². The number of carbonyl (C=O) groups excluding carboxylic acids is 1. The van der Waals surface area contributed by atoms with Crippen LogP contribution in [0.5, 0.6) is 5.75 Å². The average Bonchev–Trinajstić information content (AvgIpc) is 3.11. The van der Waals surface area contributed by atoms with Gasteiger partial charge in [-0.15, -0.1) is 0 Å². The van der Waals surface area contributed by atoms with Gasteiger partial charge in [0.2, 0.25) is 0 Å². The molecule has 3 aromatic carbocycles.